The molecule has 1 aliphatic heterocycles. The molecular formula is C27H43FO2. The minimum Gasteiger partial charge on any atom is -0.352 e. The first-order chi connectivity index (χ1) is 14.7. The van der Waals surface area contributed by atoms with Crippen LogP contribution >= 0.6 is 0 Å². The van der Waals surface area contributed by atoms with Gasteiger partial charge in [0.2, 0.25) is 0 Å². The van der Waals surface area contributed by atoms with Crippen LogP contribution in [0.5, 0.6) is 0 Å². The second-order valence-electron chi connectivity index (χ2n) is 9.71. The maximum Gasteiger partial charge on any atom is 0.157 e. The van der Waals surface area contributed by atoms with Crippen LogP contribution in [-0.4, -0.2) is 19.5 Å². The second-order valence-corrected chi connectivity index (χ2v) is 9.71. The van der Waals surface area contributed by atoms with E-state index in [0.29, 0.717) is 11.8 Å². The quantitative estimate of drug-likeness (QED) is 0.341. The highest BCUT2D eigenvalue weighted by Gasteiger charge is 2.25. The monoisotopic (exact) mass is 418 g/mol. The normalized spacial score (nSPS) is 27.3. The largest absolute Gasteiger partial charge is 0.352 e. The summed E-state index contributed by atoms with van der Waals surface area (Å²) in [5.74, 6) is 1.81. The highest BCUT2D eigenvalue weighted by molar-refractivity contribution is 5.28. The van der Waals surface area contributed by atoms with Crippen LogP contribution in [0.25, 0.3) is 0 Å². The third-order valence-corrected chi connectivity index (χ3v) is 7.24. The van der Waals surface area contributed by atoms with Gasteiger partial charge in [-0.1, -0.05) is 64.5 Å². The van der Waals surface area contributed by atoms with Gasteiger partial charge in [-0.05, 0) is 67.6 Å². The molecule has 2 fully saturated rings. The molecule has 0 bridgehead atoms. The zero-order valence-corrected chi connectivity index (χ0v) is 19.3. The number of rotatable bonds is 11. The zero-order valence-electron chi connectivity index (χ0n) is 19.3. The minimum atomic E-state index is -0.131. The second kappa shape index (κ2) is 12.8. The molecule has 3 heteroatoms. The van der Waals surface area contributed by atoms with Crippen molar-refractivity contribution in [2.24, 2.45) is 11.8 Å². The third kappa shape index (κ3) is 7.34. The number of halogens is 1. The Bertz CT molecular complexity index is 601. The number of hydrogen-bond acceptors (Lipinski definition) is 2. The topological polar surface area (TPSA) is 18.5 Å². The van der Waals surface area contributed by atoms with Crippen LogP contribution in [0.2, 0.25) is 0 Å². The maximum absolute atomic E-state index is 14.8. The molecule has 3 rings (SSSR count). The van der Waals surface area contributed by atoms with E-state index < -0.39 is 0 Å². The van der Waals surface area contributed by atoms with Crippen molar-refractivity contribution < 1.29 is 13.9 Å². The summed E-state index contributed by atoms with van der Waals surface area (Å²) in [6, 6.07) is 5.93. The van der Waals surface area contributed by atoms with Gasteiger partial charge in [0.05, 0.1) is 13.2 Å². The molecule has 170 valence electrons. The van der Waals surface area contributed by atoms with E-state index in [-0.39, 0.29) is 12.1 Å². The first kappa shape index (κ1) is 23.7. The van der Waals surface area contributed by atoms with Crippen LogP contribution in [-0.2, 0) is 15.9 Å². The highest BCUT2D eigenvalue weighted by atomic mass is 19.1. The highest BCUT2D eigenvalue weighted by Crippen LogP contribution is 2.38. The molecule has 2 aliphatic rings. The molecule has 0 unspecified atom stereocenters. The predicted molar refractivity (Wildman–Crippen MR) is 122 cm³/mol. The lowest BCUT2D eigenvalue weighted by Crippen LogP contribution is -2.32. The van der Waals surface area contributed by atoms with Gasteiger partial charge in [0.25, 0.3) is 0 Å². The Balaban J connectivity index is 1.40. The first-order valence-electron chi connectivity index (χ1n) is 12.7. The Kier molecular flexibility index (Phi) is 10.1. The fourth-order valence-electron chi connectivity index (χ4n) is 5.20. The molecule has 1 aromatic rings. The molecule has 1 heterocycles. The molecule has 0 atom stereocenters. The van der Waals surface area contributed by atoms with Crippen molar-refractivity contribution in [3.8, 4) is 0 Å². The molecule has 1 saturated carbocycles. The Morgan fingerprint density at radius 2 is 1.53 bits per heavy atom. The van der Waals surface area contributed by atoms with Gasteiger partial charge in [0, 0.05) is 12.3 Å². The molecule has 0 aromatic heterocycles. The Morgan fingerprint density at radius 3 is 2.20 bits per heavy atom. The molecule has 0 spiro atoms. The van der Waals surface area contributed by atoms with E-state index in [4.69, 9.17) is 9.47 Å². The van der Waals surface area contributed by atoms with E-state index in [1.54, 1.807) is 6.07 Å². The molecule has 0 amide bonds. The van der Waals surface area contributed by atoms with Crippen molar-refractivity contribution in [2.45, 2.75) is 110 Å². The Labute approximate surface area is 183 Å². The lowest BCUT2D eigenvalue weighted by molar-refractivity contribution is -0.203. The van der Waals surface area contributed by atoms with E-state index in [1.165, 1.54) is 57.8 Å². The van der Waals surface area contributed by atoms with Crippen LogP contribution < -0.4 is 0 Å². The van der Waals surface area contributed by atoms with Crippen molar-refractivity contribution in [1.82, 2.24) is 0 Å². The summed E-state index contributed by atoms with van der Waals surface area (Å²) in [4.78, 5) is 0. The lowest BCUT2D eigenvalue weighted by Gasteiger charge is -2.30. The summed E-state index contributed by atoms with van der Waals surface area (Å²) in [6.07, 6.45) is 15.3. The SMILES string of the molecule is CCCCCC1COC(CCc2ccc([C@H]3CC[C@H](CCCC)CC3)c(F)c2)OC1. The van der Waals surface area contributed by atoms with E-state index in [0.717, 1.165) is 55.9 Å². The van der Waals surface area contributed by atoms with E-state index in [1.807, 2.05) is 6.07 Å². The van der Waals surface area contributed by atoms with Crippen LogP contribution in [0.15, 0.2) is 18.2 Å². The van der Waals surface area contributed by atoms with Gasteiger partial charge in [0.1, 0.15) is 5.82 Å². The summed E-state index contributed by atoms with van der Waals surface area (Å²) in [5.41, 5.74) is 2.00. The van der Waals surface area contributed by atoms with Crippen molar-refractivity contribution in [2.75, 3.05) is 13.2 Å². The Hall–Kier alpha value is -0.930. The predicted octanol–water partition coefficient (Wildman–Crippen LogP) is 7.79. The van der Waals surface area contributed by atoms with E-state index in [9.17, 15) is 4.39 Å². The number of aryl methyl sites for hydroxylation is 1. The van der Waals surface area contributed by atoms with Crippen molar-refractivity contribution in [3.05, 3.63) is 35.1 Å². The fraction of sp³-hybridized carbons (Fsp3) is 0.778. The molecule has 2 nitrogen and oxygen atoms in total. The van der Waals surface area contributed by atoms with Crippen LogP contribution in [0, 0.1) is 17.7 Å². The van der Waals surface area contributed by atoms with Gasteiger partial charge < -0.3 is 9.47 Å². The molecule has 1 aromatic carbocycles. The van der Waals surface area contributed by atoms with Crippen molar-refractivity contribution in [1.29, 1.82) is 0 Å². The lowest BCUT2D eigenvalue weighted by atomic mass is 9.77. The van der Waals surface area contributed by atoms with Gasteiger partial charge in [-0.2, -0.15) is 0 Å². The van der Waals surface area contributed by atoms with E-state index in [2.05, 4.69) is 19.9 Å². The Morgan fingerprint density at radius 1 is 0.833 bits per heavy atom. The first-order valence-corrected chi connectivity index (χ1v) is 12.7. The van der Waals surface area contributed by atoms with Gasteiger partial charge in [-0.15, -0.1) is 0 Å². The summed E-state index contributed by atoms with van der Waals surface area (Å²) >= 11 is 0. The average Bonchev–Trinajstić information content (AvgIpc) is 2.78. The molecule has 1 aliphatic carbocycles. The average molecular weight is 419 g/mol. The standard InChI is InChI=1S/C27H43FO2/c1-3-5-7-9-23-19-29-27(30-20-23)17-13-22-12-16-25(26(28)18-22)24-14-10-21(11-15-24)8-6-4-2/h12,16,18,21,23-24,27H,3-11,13-15,17,19-20H2,1-2H3/t21-,23?,24-,27?. The molecular weight excluding hydrogens is 375 g/mol. The molecule has 1 saturated heterocycles. The number of hydrogen-bond donors (Lipinski definition) is 0. The van der Waals surface area contributed by atoms with Crippen LogP contribution in [0.1, 0.15) is 108 Å². The molecule has 0 radical (unpaired) electrons. The van der Waals surface area contributed by atoms with E-state index >= 15 is 0 Å². The smallest absolute Gasteiger partial charge is 0.157 e. The summed E-state index contributed by atoms with van der Waals surface area (Å²) < 4.78 is 26.7. The minimum absolute atomic E-state index is 0.00835. The van der Waals surface area contributed by atoms with Gasteiger partial charge >= 0.3 is 0 Å². The molecule has 30 heavy (non-hydrogen) atoms. The third-order valence-electron chi connectivity index (χ3n) is 7.24. The summed E-state index contributed by atoms with van der Waals surface area (Å²) in [7, 11) is 0. The van der Waals surface area contributed by atoms with Crippen LogP contribution in [0.3, 0.4) is 0 Å². The maximum atomic E-state index is 14.8. The number of unbranched alkanes of at least 4 members (excludes halogenated alkanes) is 3. The van der Waals surface area contributed by atoms with Crippen molar-refractivity contribution in [3.63, 3.8) is 0 Å². The number of ether oxygens (including phenoxy) is 2. The van der Waals surface area contributed by atoms with Gasteiger partial charge in [-0.25, -0.2) is 4.39 Å². The fourth-order valence-corrected chi connectivity index (χ4v) is 5.20. The summed E-state index contributed by atoms with van der Waals surface area (Å²) in [6.45, 7) is 6.12. The number of benzene rings is 1. The van der Waals surface area contributed by atoms with Crippen LogP contribution in [0.4, 0.5) is 4.39 Å². The zero-order chi connectivity index (χ0) is 21.2. The summed E-state index contributed by atoms with van der Waals surface area (Å²) in [5, 5.41) is 0. The van der Waals surface area contributed by atoms with Gasteiger partial charge in [0.15, 0.2) is 6.29 Å². The molecule has 0 N–H and O–H groups in total. The van der Waals surface area contributed by atoms with Gasteiger partial charge in [-0.3, -0.25) is 0 Å². The van der Waals surface area contributed by atoms with Crippen molar-refractivity contribution >= 4 is 0 Å².